The number of aryl methyl sites for hydroxylation is 3. The molecule has 0 saturated heterocycles. The summed E-state index contributed by atoms with van der Waals surface area (Å²) in [6.07, 6.45) is 1.27. The molecule has 6 heteroatoms. The molecule has 0 spiro atoms. The summed E-state index contributed by atoms with van der Waals surface area (Å²) in [4.78, 5) is 30.2. The number of carbonyl (C=O) groups excluding carboxylic acids is 1. The third kappa shape index (κ3) is 5.26. The Balaban J connectivity index is 2.02. The molecule has 0 unspecified atom stereocenters. The van der Waals surface area contributed by atoms with Gasteiger partial charge in [0, 0.05) is 24.4 Å². The first kappa shape index (κ1) is 18.9. The van der Waals surface area contributed by atoms with Crippen LogP contribution in [0, 0.1) is 20.8 Å². The first-order valence-corrected chi connectivity index (χ1v) is 8.44. The van der Waals surface area contributed by atoms with Crippen molar-refractivity contribution in [2.75, 3.05) is 6.61 Å². The van der Waals surface area contributed by atoms with E-state index >= 15 is 0 Å². The van der Waals surface area contributed by atoms with Crippen LogP contribution >= 0.6 is 0 Å². The summed E-state index contributed by atoms with van der Waals surface area (Å²) >= 11 is 0. The van der Waals surface area contributed by atoms with Gasteiger partial charge in [0.2, 0.25) is 5.91 Å². The molecule has 0 bridgehead atoms. The van der Waals surface area contributed by atoms with Gasteiger partial charge in [0.1, 0.15) is 0 Å². The van der Waals surface area contributed by atoms with Crippen molar-refractivity contribution in [2.24, 2.45) is 0 Å². The van der Waals surface area contributed by atoms with Gasteiger partial charge in [-0.15, -0.1) is 0 Å². The number of nitrogens with zero attached hydrogens (tertiary/aromatic N) is 1. The molecule has 6 nitrogen and oxygen atoms in total. The van der Waals surface area contributed by atoms with Crippen molar-refractivity contribution in [2.45, 2.75) is 46.1 Å². The van der Waals surface area contributed by atoms with Crippen LogP contribution in [0.2, 0.25) is 0 Å². The van der Waals surface area contributed by atoms with E-state index in [2.05, 4.69) is 15.3 Å². The Kier molecular flexibility index (Phi) is 6.47. The molecule has 1 aromatic heterocycles. The molecule has 0 aliphatic carbocycles. The number of aromatic amines is 1. The largest absolute Gasteiger partial charge is 0.396 e. The van der Waals surface area contributed by atoms with Gasteiger partial charge in [0.25, 0.3) is 0 Å². The summed E-state index contributed by atoms with van der Waals surface area (Å²) in [5, 5.41) is 12.3. The number of carbonyl (C=O) groups is 1. The van der Waals surface area contributed by atoms with Crippen molar-refractivity contribution in [3.8, 4) is 0 Å². The van der Waals surface area contributed by atoms with Gasteiger partial charge in [-0.2, -0.15) is 4.98 Å². The van der Waals surface area contributed by atoms with Crippen molar-refractivity contribution in [3.63, 3.8) is 0 Å². The van der Waals surface area contributed by atoms with Gasteiger partial charge in [0.05, 0.1) is 6.04 Å². The zero-order valence-corrected chi connectivity index (χ0v) is 14.9. The zero-order chi connectivity index (χ0) is 18.4. The first-order chi connectivity index (χ1) is 11.9. The number of hydrogen-bond donors (Lipinski definition) is 3. The standard InChI is InChI=1S/C19H25N3O3/c1-12-4-6-15(7-5-12)17(10-11-23)22-18(24)9-8-16-13(2)20-19(25)21-14(16)3/h4-7,17,23H,8-11H2,1-3H3,(H,22,24)(H,20,21,25)/t17-/m1/s1. The van der Waals surface area contributed by atoms with Gasteiger partial charge in [-0.25, -0.2) is 4.79 Å². The van der Waals surface area contributed by atoms with Gasteiger partial charge in [-0.3, -0.25) is 4.79 Å². The summed E-state index contributed by atoms with van der Waals surface area (Å²) in [7, 11) is 0. The van der Waals surface area contributed by atoms with Crippen molar-refractivity contribution < 1.29 is 9.90 Å². The van der Waals surface area contributed by atoms with Gasteiger partial charge in [0.15, 0.2) is 0 Å². The number of H-pyrrole nitrogens is 1. The second-order valence-electron chi connectivity index (χ2n) is 6.27. The highest BCUT2D eigenvalue weighted by Gasteiger charge is 2.15. The summed E-state index contributed by atoms with van der Waals surface area (Å²) in [6, 6.07) is 7.70. The third-order valence-electron chi connectivity index (χ3n) is 4.29. The fourth-order valence-corrected chi connectivity index (χ4v) is 2.88. The Morgan fingerprint density at radius 3 is 2.52 bits per heavy atom. The molecule has 1 amide bonds. The lowest BCUT2D eigenvalue weighted by Gasteiger charge is -2.19. The normalized spacial score (nSPS) is 12.0. The Bertz CT molecular complexity index is 755. The van der Waals surface area contributed by atoms with Crippen LogP contribution in [-0.4, -0.2) is 27.6 Å². The predicted octanol–water partition coefficient (Wildman–Crippen LogP) is 1.87. The minimum atomic E-state index is -0.370. The molecule has 25 heavy (non-hydrogen) atoms. The van der Waals surface area contributed by atoms with Crippen LogP contribution in [0.5, 0.6) is 0 Å². The number of aliphatic hydroxyl groups is 1. The zero-order valence-electron chi connectivity index (χ0n) is 14.9. The quantitative estimate of drug-likeness (QED) is 0.715. The fraction of sp³-hybridized carbons (Fsp3) is 0.421. The maximum Gasteiger partial charge on any atom is 0.345 e. The van der Waals surface area contributed by atoms with E-state index in [0.29, 0.717) is 25.0 Å². The minimum Gasteiger partial charge on any atom is -0.396 e. The SMILES string of the molecule is Cc1ccc([C@@H](CCO)NC(=O)CCc2c(C)nc(=O)[nH]c2C)cc1. The van der Waals surface area contributed by atoms with Crippen LogP contribution in [0.3, 0.4) is 0 Å². The molecule has 0 fully saturated rings. The van der Waals surface area contributed by atoms with E-state index in [1.54, 1.807) is 6.92 Å². The molecular weight excluding hydrogens is 318 g/mol. The molecule has 134 valence electrons. The molecular formula is C19H25N3O3. The van der Waals surface area contributed by atoms with Gasteiger partial charge in [-0.05, 0) is 44.7 Å². The van der Waals surface area contributed by atoms with E-state index in [9.17, 15) is 14.7 Å². The summed E-state index contributed by atoms with van der Waals surface area (Å²) in [5.41, 5.74) is 4.05. The second kappa shape index (κ2) is 8.58. The Morgan fingerprint density at radius 2 is 1.92 bits per heavy atom. The fourth-order valence-electron chi connectivity index (χ4n) is 2.88. The second-order valence-corrected chi connectivity index (χ2v) is 6.27. The molecule has 2 rings (SSSR count). The number of aliphatic hydroxyl groups excluding tert-OH is 1. The van der Waals surface area contributed by atoms with Crippen molar-refractivity contribution in [1.29, 1.82) is 0 Å². The van der Waals surface area contributed by atoms with E-state index < -0.39 is 0 Å². The number of amides is 1. The van der Waals surface area contributed by atoms with E-state index in [0.717, 1.165) is 22.4 Å². The smallest absolute Gasteiger partial charge is 0.345 e. The molecule has 1 aromatic carbocycles. The Hall–Kier alpha value is -2.47. The lowest BCUT2D eigenvalue weighted by atomic mass is 10.0. The summed E-state index contributed by atoms with van der Waals surface area (Å²) < 4.78 is 0. The molecule has 1 heterocycles. The molecule has 3 N–H and O–H groups in total. The van der Waals surface area contributed by atoms with Gasteiger partial charge >= 0.3 is 5.69 Å². The lowest BCUT2D eigenvalue weighted by molar-refractivity contribution is -0.121. The van der Waals surface area contributed by atoms with E-state index in [-0.39, 0.29) is 24.2 Å². The Labute approximate surface area is 147 Å². The topological polar surface area (TPSA) is 95.1 Å². The van der Waals surface area contributed by atoms with Crippen LogP contribution in [0.25, 0.3) is 0 Å². The number of benzene rings is 1. The van der Waals surface area contributed by atoms with Gasteiger partial charge < -0.3 is 15.4 Å². The number of hydrogen-bond acceptors (Lipinski definition) is 4. The lowest BCUT2D eigenvalue weighted by Crippen LogP contribution is -2.29. The van der Waals surface area contributed by atoms with Crippen molar-refractivity contribution in [3.05, 3.63) is 62.8 Å². The third-order valence-corrected chi connectivity index (χ3v) is 4.29. The number of aromatic nitrogens is 2. The minimum absolute atomic E-state index is 0.000875. The monoisotopic (exact) mass is 343 g/mol. The van der Waals surface area contributed by atoms with Crippen LogP contribution in [0.4, 0.5) is 0 Å². The average molecular weight is 343 g/mol. The molecule has 0 aliphatic rings. The van der Waals surface area contributed by atoms with Crippen molar-refractivity contribution in [1.82, 2.24) is 15.3 Å². The number of nitrogens with one attached hydrogen (secondary N) is 2. The summed E-state index contributed by atoms with van der Waals surface area (Å²) in [6.45, 7) is 5.59. The van der Waals surface area contributed by atoms with Crippen molar-refractivity contribution >= 4 is 5.91 Å². The van der Waals surface area contributed by atoms with Crippen LogP contribution in [0.15, 0.2) is 29.1 Å². The molecule has 2 aromatic rings. The maximum absolute atomic E-state index is 12.3. The van der Waals surface area contributed by atoms with E-state index in [4.69, 9.17) is 0 Å². The highest BCUT2D eigenvalue weighted by molar-refractivity contribution is 5.76. The molecule has 0 aliphatic heterocycles. The van der Waals surface area contributed by atoms with Crippen LogP contribution in [0.1, 0.15) is 47.0 Å². The molecule has 0 saturated carbocycles. The van der Waals surface area contributed by atoms with Gasteiger partial charge in [-0.1, -0.05) is 29.8 Å². The molecule has 1 atom stereocenters. The van der Waals surface area contributed by atoms with Crippen LogP contribution < -0.4 is 11.0 Å². The summed E-state index contributed by atoms with van der Waals surface area (Å²) in [5.74, 6) is -0.0935. The Morgan fingerprint density at radius 1 is 1.24 bits per heavy atom. The highest BCUT2D eigenvalue weighted by atomic mass is 16.3. The van der Waals surface area contributed by atoms with Crippen LogP contribution in [-0.2, 0) is 11.2 Å². The number of rotatable bonds is 7. The highest BCUT2D eigenvalue weighted by Crippen LogP contribution is 2.18. The predicted molar refractivity (Wildman–Crippen MR) is 96.4 cm³/mol. The molecule has 0 radical (unpaired) electrons. The van der Waals surface area contributed by atoms with E-state index in [1.807, 2.05) is 38.1 Å². The average Bonchev–Trinajstić information content (AvgIpc) is 2.54. The van der Waals surface area contributed by atoms with E-state index in [1.165, 1.54) is 0 Å². The maximum atomic E-state index is 12.3. The first-order valence-electron chi connectivity index (χ1n) is 8.44.